The van der Waals surface area contributed by atoms with Crippen molar-refractivity contribution in [1.82, 2.24) is 29.6 Å². The zero-order valence-corrected chi connectivity index (χ0v) is 23.5. The Kier molecular flexibility index (Phi) is 7.95. The molecule has 0 unspecified atom stereocenters. The first-order valence-electron chi connectivity index (χ1n) is 13.7. The van der Waals surface area contributed by atoms with Gasteiger partial charge >= 0.3 is 6.09 Å². The van der Waals surface area contributed by atoms with Crippen molar-refractivity contribution in [1.29, 1.82) is 0 Å². The van der Waals surface area contributed by atoms with Crippen molar-refractivity contribution in [3.63, 3.8) is 0 Å². The number of amides is 1. The zero-order valence-electron chi connectivity index (χ0n) is 23.5. The van der Waals surface area contributed by atoms with E-state index in [2.05, 4.69) is 39.2 Å². The van der Waals surface area contributed by atoms with Gasteiger partial charge in [0.15, 0.2) is 0 Å². The van der Waals surface area contributed by atoms with Crippen molar-refractivity contribution in [2.24, 2.45) is 0 Å². The SMILES string of the molecule is CCn1cc(-c2ccnc(Nc3ccc(N4CCCN(C(=O)OC(C)(C)C)CC4)cc3)n2)c(-c2cccnc2)n1. The van der Waals surface area contributed by atoms with Crippen LogP contribution >= 0.6 is 0 Å². The van der Waals surface area contributed by atoms with E-state index >= 15 is 0 Å². The highest BCUT2D eigenvalue weighted by Gasteiger charge is 2.24. The van der Waals surface area contributed by atoms with Crippen LogP contribution in [0.1, 0.15) is 34.1 Å². The Labute approximate surface area is 235 Å². The molecule has 1 aliphatic rings. The topological polar surface area (TPSA) is 101 Å². The van der Waals surface area contributed by atoms with Gasteiger partial charge in [-0.1, -0.05) is 0 Å². The van der Waals surface area contributed by atoms with E-state index in [1.165, 1.54) is 0 Å². The summed E-state index contributed by atoms with van der Waals surface area (Å²) in [5.74, 6) is 0.509. The lowest BCUT2D eigenvalue weighted by Gasteiger charge is -2.27. The maximum absolute atomic E-state index is 12.5. The number of anilines is 3. The van der Waals surface area contributed by atoms with Crippen molar-refractivity contribution in [3.8, 4) is 22.5 Å². The van der Waals surface area contributed by atoms with Crippen molar-refractivity contribution < 1.29 is 9.53 Å². The number of hydrogen-bond donors (Lipinski definition) is 1. The molecule has 0 spiro atoms. The summed E-state index contributed by atoms with van der Waals surface area (Å²) in [7, 11) is 0. The summed E-state index contributed by atoms with van der Waals surface area (Å²) in [5, 5.41) is 8.07. The van der Waals surface area contributed by atoms with Crippen LogP contribution in [0.4, 0.5) is 22.1 Å². The van der Waals surface area contributed by atoms with Gasteiger partial charge in [0.1, 0.15) is 11.3 Å². The minimum atomic E-state index is -0.492. The first-order chi connectivity index (χ1) is 19.3. The van der Waals surface area contributed by atoms with E-state index in [0.29, 0.717) is 19.0 Å². The summed E-state index contributed by atoms with van der Waals surface area (Å²) in [5.41, 5.74) is 5.00. The second-order valence-electron chi connectivity index (χ2n) is 10.7. The molecule has 0 radical (unpaired) electrons. The number of aromatic nitrogens is 5. The van der Waals surface area contributed by atoms with Crippen LogP contribution < -0.4 is 10.2 Å². The molecule has 1 fully saturated rings. The fourth-order valence-corrected chi connectivity index (χ4v) is 4.63. The monoisotopic (exact) mass is 540 g/mol. The lowest BCUT2D eigenvalue weighted by Crippen LogP contribution is -2.39. The van der Waals surface area contributed by atoms with Crippen LogP contribution in [-0.2, 0) is 11.3 Å². The van der Waals surface area contributed by atoms with Gasteiger partial charge in [0, 0.05) is 80.0 Å². The third kappa shape index (κ3) is 6.56. The number of ether oxygens (including phenoxy) is 1. The average Bonchev–Trinajstić information content (AvgIpc) is 3.23. The molecule has 0 aliphatic carbocycles. The van der Waals surface area contributed by atoms with Gasteiger partial charge in [-0.05, 0) is 76.6 Å². The van der Waals surface area contributed by atoms with Crippen molar-refractivity contribution in [2.75, 3.05) is 36.4 Å². The number of pyridine rings is 1. The molecule has 40 heavy (non-hydrogen) atoms. The number of aryl methyl sites for hydroxylation is 1. The van der Waals surface area contributed by atoms with Gasteiger partial charge in [-0.15, -0.1) is 0 Å². The molecule has 0 atom stereocenters. The van der Waals surface area contributed by atoms with Crippen LogP contribution in [0.15, 0.2) is 67.3 Å². The Morgan fingerprint density at radius 3 is 2.58 bits per heavy atom. The predicted octanol–water partition coefficient (Wildman–Crippen LogP) is 5.61. The third-order valence-electron chi connectivity index (χ3n) is 6.59. The van der Waals surface area contributed by atoms with Gasteiger partial charge in [-0.3, -0.25) is 9.67 Å². The quantitative estimate of drug-likeness (QED) is 0.337. The average molecular weight is 541 g/mol. The van der Waals surface area contributed by atoms with Gasteiger partial charge in [0.05, 0.1) is 5.69 Å². The highest BCUT2D eigenvalue weighted by Crippen LogP contribution is 2.30. The van der Waals surface area contributed by atoms with Gasteiger partial charge in [0.2, 0.25) is 5.95 Å². The molecule has 10 nitrogen and oxygen atoms in total. The molecular weight excluding hydrogens is 504 g/mol. The second kappa shape index (κ2) is 11.7. The molecule has 5 rings (SSSR count). The van der Waals surface area contributed by atoms with Crippen LogP contribution in [-0.4, -0.2) is 67.5 Å². The number of carbonyl (C=O) groups excluding carboxylic acids is 1. The predicted molar refractivity (Wildman–Crippen MR) is 157 cm³/mol. The second-order valence-corrected chi connectivity index (χ2v) is 10.7. The van der Waals surface area contributed by atoms with E-state index in [-0.39, 0.29) is 6.09 Å². The molecule has 1 N–H and O–H groups in total. The molecule has 0 bridgehead atoms. The lowest BCUT2D eigenvalue weighted by atomic mass is 10.1. The standard InChI is InChI=1S/C30H36N8O2/c1-5-38-21-25(27(35-38)22-8-6-14-31-20-22)26-13-15-32-28(34-26)33-23-9-11-24(12-10-23)36-16-7-17-37(19-18-36)29(39)40-30(2,3)4/h6,8-15,20-21H,5,7,16-19H2,1-4H3,(H,32,33,34). The Morgan fingerprint density at radius 1 is 1.02 bits per heavy atom. The highest BCUT2D eigenvalue weighted by molar-refractivity contribution is 5.78. The summed E-state index contributed by atoms with van der Waals surface area (Å²) in [6.07, 6.45) is 7.97. The molecule has 10 heteroatoms. The van der Waals surface area contributed by atoms with E-state index in [9.17, 15) is 4.79 Å². The fourth-order valence-electron chi connectivity index (χ4n) is 4.63. The normalized spacial score (nSPS) is 14.1. The summed E-state index contributed by atoms with van der Waals surface area (Å²) in [4.78, 5) is 30.1. The minimum Gasteiger partial charge on any atom is -0.444 e. The van der Waals surface area contributed by atoms with E-state index in [1.54, 1.807) is 17.3 Å². The minimum absolute atomic E-state index is 0.245. The first-order valence-corrected chi connectivity index (χ1v) is 13.7. The molecule has 0 saturated carbocycles. The summed E-state index contributed by atoms with van der Waals surface area (Å²) < 4.78 is 7.46. The van der Waals surface area contributed by atoms with E-state index in [0.717, 1.165) is 59.9 Å². The number of nitrogens with one attached hydrogen (secondary N) is 1. The first kappa shape index (κ1) is 27.1. The lowest BCUT2D eigenvalue weighted by molar-refractivity contribution is 0.0263. The Balaban J connectivity index is 1.27. The Hall–Kier alpha value is -4.47. The number of hydrogen-bond acceptors (Lipinski definition) is 8. The summed E-state index contributed by atoms with van der Waals surface area (Å²) in [6, 6.07) is 14.0. The number of rotatable bonds is 6. The van der Waals surface area contributed by atoms with Crippen LogP contribution in [0.25, 0.3) is 22.5 Å². The zero-order chi connectivity index (χ0) is 28.1. The Bertz CT molecular complexity index is 1430. The molecule has 1 aliphatic heterocycles. The van der Waals surface area contributed by atoms with Gasteiger partial charge < -0.3 is 19.9 Å². The van der Waals surface area contributed by atoms with E-state index < -0.39 is 5.60 Å². The molecular formula is C30H36N8O2. The largest absolute Gasteiger partial charge is 0.444 e. The summed E-state index contributed by atoms with van der Waals surface area (Å²) >= 11 is 0. The molecule has 1 aromatic carbocycles. The van der Waals surface area contributed by atoms with E-state index in [4.69, 9.17) is 14.8 Å². The molecule has 4 aromatic rings. The molecule has 3 aromatic heterocycles. The number of benzene rings is 1. The van der Waals surface area contributed by atoms with Crippen LogP contribution in [0.3, 0.4) is 0 Å². The fraction of sp³-hybridized carbons (Fsp3) is 0.367. The van der Waals surface area contributed by atoms with Gasteiger partial charge in [-0.25, -0.2) is 14.8 Å². The highest BCUT2D eigenvalue weighted by atomic mass is 16.6. The van der Waals surface area contributed by atoms with Crippen molar-refractivity contribution in [3.05, 3.63) is 67.3 Å². The van der Waals surface area contributed by atoms with E-state index in [1.807, 2.05) is 68.2 Å². The van der Waals surface area contributed by atoms with Crippen LogP contribution in [0, 0.1) is 0 Å². The number of carbonyl (C=O) groups is 1. The smallest absolute Gasteiger partial charge is 0.410 e. The van der Waals surface area contributed by atoms with Crippen molar-refractivity contribution >= 4 is 23.4 Å². The van der Waals surface area contributed by atoms with Crippen LogP contribution in [0.5, 0.6) is 0 Å². The third-order valence-corrected chi connectivity index (χ3v) is 6.59. The maximum Gasteiger partial charge on any atom is 0.410 e. The van der Waals surface area contributed by atoms with Crippen LogP contribution in [0.2, 0.25) is 0 Å². The molecule has 4 heterocycles. The summed E-state index contributed by atoms with van der Waals surface area (Å²) in [6.45, 7) is 11.4. The van der Waals surface area contributed by atoms with Crippen molar-refractivity contribution in [2.45, 2.75) is 46.3 Å². The van der Waals surface area contributed by atoms with Gasteiger partial charge in [0.25, 0.3) is 0 Å². The molecule has 1 saturated heterocycles. The number of nitrogens with zero attached hydrogens (tertiary/aromatic N) is 7. The maximum atomic E-state index is 12.5. The Morgan fingerprint density at radius 2 is 1.85 bits per heavy atom. The molecule has 208 valence electrons. The molecule has 1 amide bonds. The van der Waals surface area contributed by atoms with Gasteiger partial charge in [-0.2, -0.15) is 5.10 Å².